The summed E-state index contributed by atoms with van der Waals surface area (Å²) < 4.78 is 37.8. The van der Waals surface area contributed by atoms with Gasteiger partial charge in [0, 0.05) is 13.0 Å². The number of ether oxygens (including phenoxy) is 1. The van der Waals surface area contributed by atoms with Crippen molar-refractivity contribution >= 4 is 9.84 Å². The normalized spacial score (nSPS) is 11.4. The van der Waals surface area contributed by atoms with E-state index < -0.39 is 9.84 Å². The molecule has 0 radical (unpaired) electrons. The van der Waals surface area contributed by atoms with Gasteiger partial charge in [-0.3, -0.25) is 0 Å². The number of phenols is 1. The number of nitrogens with zero attached hydrogens (tertiary/aromatic N) is 2. The monoisotopic (exact) mass is 422 g/mol. The summed E-state index contributed by atoms with van der Waals surface area (Å²) in [5.41, 5.74) is 0.977. The number of aromatic nitrogens is 2. The van der Waals surface area contributed by atoms with Crippen LogP contribution in [0.3, 0.4) is 0 Å². The molecule has 0 aliphatic rings. The van der Waals surface area contributed by atoms with Gasteiger partial charge in [-0.2, -0.15) is 0 Å². The first-order chi connectivity index (χ1) is 14.4. The van der Waals surface area contributed by atoms with Crippen LogP contribution in [0.5, 0.6) is 11.5 Å². The van der Waals surface area contributed by atoms with Crippen LogP contribution in [-0.2, 0) is 16.4 Å². The molecule has 4 aromatic rings. The number of benzene rings is 3. The van der Waals surface area contributed by atoms with Gasteiger partial charge in [-0.25, -0.2) is 8.42 Å². The lowest BCUT2D eigenvalue weighted by atomic mass is 10.2. The van der Waals surface area contributed by atoms with Crippen LogP contribution in [0.25, 0.3) is 11.5 Å². The number of aryl methyl sites for hydroxylation is 1. The van der Waals surface area contributed by atoms with Gasteiger partial charge in [-0.05, 0) is 23.8 Å². The lowest BCUT2D eigenvalue weighted by molar-refractivity contribution is 0.288. The SMILES string of the molecule is Cc1nnc(-c2cc(O)c(OCc3ccccc3)cc2S(=O)(=O)c2ccccc2)o1. The van der Waals surface area contributed by atoms with Crippen molar-refractivity contribution in [1.29, 1.82) is 0 Å². The van der Waals surface area contributed by atoms with Crippen LogP contribution in [-0.4, -0.2) is 23.7 Å². The highest BCUT2D eigenvalue weighted by Crippen LogP contribution is 2.39. The Morgan fingerprint density at radius 3 is 2.27 bits per heavy atom. The number of sulfone groups is 1. The van der Waals surface area contributed by atoms with Crippen LogP contribution < -0.4 is 4.74 Å². The van der Waals surface area contributed by atoms with Crippen molar-refractivity contribution in [3.05, 3.63) is 84.3 Å². The van der Waals surface area contributed by atoms with E-state index in [0.717, 1.165) is 5.56 Å². The predicted molar refractivity (Wildman–Crippen MR) is 109 cm³/mol. The summed E-state index contributed by atoms with van der Waals surface area (Å²) in [5, 5.41) is 18.2. The van der Waals surface area contributed by atoms with Crippen LogP contribution in [0.15, 0.2) is 87.0 Å². The number of aromatic hydroxyl groups is 1. The van der Waals surface area contributed by atoms with Gasteiger partial charge >= 0.3 is 0 Å². The molecule has 0 fully saturated rings. The van der Waals surface area contributed by atoms with Crippen LogP contribution in [0.1, 0.15) is 11.5 Å². The van der Waals surface area contributed by atoms with E-state index in [-0.39, 0.29) is 45.2 Å². The van der Waals surface area contributed by atoms with Crippen molar-refractivity contribution in [2.24, 2.45) is 0 Å². The Hall–Kier alpha value is -3.65. The third kappa shape index (κ3) is 3.90. The molecule has 3 aromatic carbocycles. The maximum Gasteiger partial charge on any atom is 0.249 e. The number of rotatable bonds is 6. The summed E-state index contributed by atoms with van der Waals surface area (Å²) in [6.07, 6.45) is 0. The standard InChI is InChI=1S/C22H18N2O5S/c1-15-23-24-22(29-15)18-12-19(25)20(28-14-16-8-4-2-5-9-16)13-21(18)30(26,27)17-10-6-3-7-11-17/h2-13,25H,14H2,1H3. The zero-order chi connectivity index (χ0) is 21.1. The van der Waals surface area contributed by atoms with E-state index in [1.165, 1.54) is 24.3 Å². The van der Waals surface area contributed by atoms with Gasteiger partial charge in [-0.15, -0.1) is 10.2 Å². The first-order valence-corrected chi connectivity index (χ1v) is 10.6. The molecule has 1 N–H and O–H groups in total. The Labute approximate surface area is 173 Å². The molecule has 30 heavy (non-hydrogen) atoms. The van der Waals surface area contributed by atoms with Crippen molar-refractivity contribution in [2.45, 2.75) is 23.3 Å². The molecule has 7 nitrogen and oxygen atoms in total. The largest absolute Gasteiger partial charge is 0.504 e. The molecule has 152 valence electrons. The number of hydrogen-bond acceptors (Lipinski definition) is 7. The van der Waals surface area contributed by atoms with E-state index in [9.17, 15) is 13.5 Å². The third-order valence-electron chi connectivity index (χ3n) is 4.40. The lowest BCUT2D eigenvalue weighted by Gasteiger charge is -2.13. The molecule has 0 amide bonds. The molecule has 0 bridgehead atoms. The topological polar surface area (TPSA) is 103 Å². The summed E-state index contributed by atoms with van der Waals surface area (Å²) >= 11 is 0. The molecule has 0 aliphatic carbocycles. The Morgan fingerprint density at radius 1 is 0.967 bits per heavy atom. The molecule has 0 saturated heterocycles. The minimum Gasteiger partial charge on any atom is -0.504 e. The van der Waals surface area contributed by atoms with Crippen LogP contribution in [0.2, 0.25) is 0 Å². The quantitative estimate of drug-likeness (QED) is 0.498. The third-order valence-corrected chi connectivity index (χ3v) is 6.21. The highest BCUT2D eigenvalue weighted by Gasteiger charge is 2.27. The summed E-state index contributed by atoms with van der Waals surface area (Å²) in [7, 11) is -3.95. The lowest BCUT2D eigenvalue weighted by Crippen LogP contribution is -2.05. The Balaban J connectivity index is 1.82. The minimum absolute atomic E-state index is 0.00749. The fourth-order valence-electron chi connectivity index (χ4n) is 2.92. The van der Waals surface area contributed by atoms with E-state index in [0.29, 0.717) is 0 Å². The van der Waals surface area contributed by atoms with Crippen LogP contribution >= 0.6 is 0 Å². The van der Waals surface area contributed by atoms with Gasteiger partial charge in [0.25, 0.3) is 0 Å². The zero-order valence-corrected chi connectivity index (χ0v) is 16.8. The first kappa shape index (κ1) is 19.7. The second-order valence-corrected chi connectivity index (χ2v) is 8.45. The average molecular weight is 422 g/mol. The van der Waals surface area contributed by atoms with Gasteiger partial charge in [0.15, 0.2) is 11.5 Å². The van der Waals surface area contributed by atoms with Gasteiger partial charge in [0.05, 0.1) is 15.4 Å². The van der Waals surface area contributed by atoms with Gasteiger partial charge in [0.2, 0.25) is 21.6 Å². The fraction of sp³-hybridized carbons (Fsp3) is 0.0909. The first-order valence-electron chi connectivity index (χ1n) is 9.09. The molecule has 1 aromatic heterocycles. The predicted octanol–water partition coefficient (Wildman–Crippen LogP) is 4.16. The molecule has 4 rings (SSSR count). The van der Waals surface area contributed by atoms with Crippen molar-refractivity contribution in [1.82, 2.24) is 10.2 Å². The van der Waals surface area contributed by atoms with E-state index in [2.05, 4.69) is 10.2 Å². The van der Waals surface area contributed by atoms with E-state index in [1.807, 2.05) is 30.3 Å². The number of hydrogen-bond donors (Lipinski definition) is 1. The van der Waals surface area contributed by atoms with Crippen molar-refractivity contribution in [3.8, 4) is 23.0 Å². The van der Waals surface area contributed by atoms with Crippen LogP contribution in [0, 0.1) is 6.92 Å². The molecule has 0 atom stereocenters. The van der Waals surface area contributed by atoms with Gasteiger partial charge in [0.1, 0.15) is 6.61 Å². The van der Waals surface area contributed by atoms with Gasteiger partial charge in [-0.1, -0.05) is 48.5 Å². The molecule has 0 saturated carbocycles. The second-order valence-electron chi connectivity index (χ2n) is 6.53. The summed E-state index contributed by atoms with van der Waals surface area (Å²) in [5.74, 6) is 0.0704. The average Bonchev–Trinajstić information content (AvgIpc) is 3.20. The smallest absolute Gasteiger partial charge is 0.249 e. The Morgan fingerprint density at radius 2 is 1.63 bits per heavy atom. The van der Waals surface area contributed by atoms with Crippen LogP contribution in [0.4, 0.5) is 0 Å². The molecule has 8 heteroatoms. The molecular weight excluding hydrogens is 404 g/mol. The molecule has 0 aliphatic heterocycles. The van der Waals surface area contributed by atoms with Crippen molar-refractivity contribution in [3.63, 3.8) is 0 Å². The van der Waals surface area contributed by atoms with Crippen molar-refractivity contribution < 1.29 is 22.7 Å². The van der Waals surface area contributed by atoms with Crippen molar-refractivity contribution in [2.75, 3.05) is 0 Å². The summed E-state index contributed by atoms with van der Waals surface area (Å²) in [4.78, 5) is 0.000369. The molecule has 0 unspecified atom stereocenters. The maximum absolute atomic E-state index is 13.3. The highest BCUT2D eigenvalue weighted by atomic mass is 32.2. The highest BCUT2D eigenvalue weighted by molar-refractivity contribution is 7.91. The van der Waals surface area contributed by atoms with Gasteiger partial charge < -0.3 is 14.3 Å². The Kier molecular flexibility index (Phi) is 5.24. The summed E-state index contributed by atoms with van der Waals surface area (Å²) in [6.45, 7) is 1.76. The molecule has 1 heterocycles. The second kappa shape index (κ2) is 8.00. The molecular formula is C22H18N2O5S. The fourth-order valence-corrected chi connectivity index (χ4v) is 4.39. The summed E-state index contributed by atoms with van der Waals surface area (Å²) in [6, 6.07) is 19.9. The zero-order valence-electron chi connectivity index (χ0n) is 16.0. The molecule has 0 spiro atoms. The number of phenolic OH excluding ortho intramolecular Hbond substituents is 1. The van der Waals surface area contributed by atoms with E-state index in [4.69, 9.17) is 9.15 Å². The van der Waals surface area contributed by atoms with E-state index >= 15 is 0 Å². The maximum atomic E-state index is 13.3. The van der Waals surface area contributed by atoms with E-state index in [1.54, 1.807) is 25.1 Å². The minimum atomic E-state index is -3.95. The Bertz CT molecular complexity index is 1270.